The van der Waals surface area contributed by atoms with E-state index >= 15 is 0 Å². The Kier molecular flexibility index (Phi) is 5.15. The highest BCUT2D eigenvalue weighted by Gasteiger charge is 2.19. The number of aryl methyl sites for hydroxylation is 1. The molecule has 0 amide bonds. The van der Waals surface area contributed by atoms with E-state index in [-0.39, 0.29) is 17.2 Å². The number of carboxylic acids is 1. The summed E-state index contributed by atoms with van der Waals surface area (Å²) < 4.78 is 26.6. The third-order valence-electron chi connectivity index (χ3n) is 2.39. The molecule has 1 unspecified atom stereocenters. The van der Waals surface area contributed by atoms with Crippen LogP contribution < -0.4 is 4.72 Å². The first-order chi connectivity index (χ1) is 8.24. The lowest BCUT2D eigenvalue weighted by Crippen LogP contribution is -2.26. The van der Waals surface area contributed by atoms with Crippen LogP contribution in [0.15, 0.2) is 10.3 Å². The molecule has 8 heteroatoms. The predicted octanol–water partition coefficient (Wildman–Crippen LogP) is 2.10. The highest BCUT2D eigenvalue weighted by atomic mass is 35.5. The van der Waals surface area contributed by atoms with Crippen molar-refractivity contribution in [2.75, 3.05) is 6.54 Å². The van der Waals surface area contributed by atoms with Crippen LogP contribution in [0.1, 0.15) is 18.9 Å². The molecule has 1 aromatic heterocycles. The number of halogens is 1. The lowest BCUT2D eigenvalue weighted by molar-refractivity contribution is -0.141. The zero-order valence-corrected chi connectivity index (χ0v) is 12.3. The fraction of sp³-hybridized carbons (Fsp3) is 0.500. The summed E-state index contributed by atoms with van der Waals surface area (Å²) in [6.07, 6.45) is 0.243. The quantitative estimate of drug-likeness (QED) is 0.842. The van der Waals surface area contributed by atoms with E-state index in [4.69, 9.17) is 16.7 Å². The maximum absolute atomic E-state index is 11.8. The number of hydrogen-bond donors (Lipinski definition) is 2. The SMILES string of the molecule is Cc1cc(S(=O)(=O)NCCC(C)C(=O)O)sc1Cl. The molecule has 0 bridgehead atoms. The zero-order chi connectivity index (χ0) is 13.9. The van der Waals surface area contributed by atoms with Crippen LogP contribution in [0.25, 0.3) is 0 Å². The standard InChI is InChI=1S/C10H14ClNO4S2/c1-6(10(13)14)3-4-12-18(15,16)8-5-7(2)9(11)17-8/h5-6,12H,3-4H2,1-2H3,(H,13,14). The molecule has 0 saturated heterocycles. The number of carbonyl (C=O) groups is 1. The van der Waals surface area contributed by atoms with Gasteiger partial charge in [0, 0.05) is 6.54 Å². The number of aliphatic carboxylic acids is 1. The molecule has 0 aromatic carbocycles. The number of thiophene rings is 1. The Morgan fingerprint density at radius 3 is 2.67 bits per heavy atom. The Labute approximate surface area is 115 Å². The topological polar surface area (TPSA) is 83.5 Å². The summed E-state index contributed by atoms with van der Waals surface area (Å²) in [6.45, 7) is 3.34. The average Bonchev–Trinajstić information content (AvgIpc) is 2.59. The van der Waals surface area contributed by atoms with Gasteiger partial charge in [-0.05, 0) is 25.0 Å². The van der Waals surface area contributed by atoms with Crippen molar-refractivity contribution in [2.45, 2.75) is 24.5 Å². The molecule has 0 radical (unpaired) electrons. The van der Waals surface area contributed by atoms with Gasteiger partial charge in [0.2, 0.25) is 10.0 Å². The number of sulfonamides is 1. The van der Waals surface area contributed by atoms with Crippen LogP contribution in [0.3, 0.4) is 0 Å². The third-order valence-corrected chi connectivity index (χ3v) is 5.88. The van der Waals surface area contributed by atoms with Gasteiger partial charge >= 0.3 is 5.97 Å². The first-order valence-corrected chi connectivity index (χ1v) is 7.90. The molecule has 1 atom stereocenters. The zero-order valence-electron chi connectivity index (χ0n) is 9.94. The molecule has 5 nitrogen and oxygen atoms in total. The third kappa shape index (κ3) is 3.94. The molecule has 102 valence electrons. The Balaban J connectivity index is 2.63. The van der Waals surface area contributed by atoms with Crippen molar-refractivity contribution in [3.05, 3.63) is 16.0 Å². The second kappa shape index (κ2) is 6.01. The van der Waals surface area contributed by atoms with Crippen LogP contribution in [-0.2, 0) is 14.8 Å². The van der Waals surface area contributed by atoms with E-state index in [1.54, 1.807) is 6.92 Å². The second-order valence-corrected chi connectivity index (χ2v) is 7.60. The first kappa shape index (κ1) is 15.4. The summed E-state index contributed by atoms with van der Waals surface area (Å²) in [5, 5.41) is 8.68. The van der Waals surface area contributed by atoms with Gasteiger partial charge in [-0.25, -0.2) is 13.1 Å². The van der Waals surface area contributed by atoms with Gasteiger partial charge in [0.1, 0.15) is 4.21 Å². The molecule has 2 N–H and O–H groups in total. The van der Waals surface area contributed by atoms with Crippen molar-refractivity contribution in [1.82, 2.24) is 4.72 Å². The summed E-state index contributed by atoms with van der Waals surface area (Å²) in [5.74, 6) is -1.52. The Bertz CT molecular complexity index is 519. The summed E-state index contributed by atoms with van der Waals surface area (Å²) in [5.41, 5.74) is 0.709. The van der Waals surface area contributed by atoms with E-state index in [0.717, 1.165) is 11.3 Å². The van der Waals surface area contributed by atoms with Gasteiger partial charge in [0.15, 0.2) is 0 Å². The lowest BCUT2D eigenvalue weighted by Gasteiger charge is -2.07. The number of carboxylic acid groups (broad SMARTS) is 1. The predicted molar refractivity (Wildman–Crippen MR) is 70.7 cm³/mol. The van der Waals surface area contributed by atoms with Gasteiger partial charge in [-0.1, -0.05) is 18.5 Å². The summed E-state index contributed by atoms with van der Waals surface area (Å²) in [4.78, 5) is 10.6. The largest absolute Gasteiger partial charge is 0.481 e. The van der Waals surface area contributed by atoms with E-state index in [2.05, 4.69) is 4.72 Å². The molecule has 1 rings (SSSR count). The maximum atomic E-state index is 11.8. The van der Waals surface area contributed by atoms with Crippen LogP contribution in [-0.4, -0.2) is 26.0 Å². The van der Waals surface area contributed by atoms with E-state index < -0.39 is 21.9 Å². The number of hydrogen-bond acceptors (Lipinski definition) is 4. The molecular weight excluding hydrogens is 298 g/mol. The normalized spacial score (nSPS) is 13.5. The van der Waals surface area contributed by atoms with Crippen LogP contribution in [0.5, 0.6) is 0 Å². The minimum atomic E-state index is -3.59. The number of rotatable bonds is 6. The molecule has 0 aliphatic carbocycles. The minimum Gasteiger partial charge on any atom is -0.481 e. The van der Waals surface area contributed by atoms with Crippen LogP contribution in [0.4, 0.5) is 0 Å². The first-order valence-electron chi connectivity index (χ1n) is 5.22. The Morgan fingerprint density at radius 1 is 1.61 bits per heavy atom. The summed E-state index contributed by atoms with van der Waals surface area (Å²) in [6, 6.07) is 1.50. The van der Waals surface area contributed by atoms with Crippen molar-refractivity contribution < 1.29 is 18.3 Å². The molecule has 1 aromatic rings. The molecule has 0 saturated carbocycles. The van der Waals surface area contributed by atoms with E-state index in [1.807, 2.05) is 0 Å². The fourth-order valence-electron chi connectivity index (χ4n) is 1.17. The van der Waals surface area contributed by atoms with E-state index in [0.29, 0.717) is 9.90 Å². The molecule has 0 aliphatic heterocycles. The van der Waals surface area contributed by atoms with Crippen LogP contribution in [0, 0.1) is 12.8 Å². The van der Waals surface area contributed by atoms with Gasteiger partial charge in [-0.15, -0.1) is 11.3 Å². The van der Waals surface area contributed by atoms with Crippen molar-refractivity contribution in [3.63, 3.8) is 0 Å². The summed E-state index contributed by atoms with van der Waals surface area (Å²) in [7, 11) is -3.59. The summed E-state index contributed by atoms with van der Waals surface area (Å²) >= 11 is 6.80. The molecule has 1 heterocycles. The lowest BCUT2D eigenvalue weighted by atomic mass is 10.1. The van der Waals surface area contributed by atoms with Gasteiger partial charge in [-0.3, -0.25) is 4.79 Å². The smallest absolute Gasteiger partial charge is 0.306 e. The Morgan fingerprint density at radius 2 is 2.22 bits per heavy atom. The molecule has 18 heavy (non-hydrogen) atoms. The van der Waals surface area contributed by atoms with Gasteiger partial charge in [0.25, 0.3) is 0 Å². The fourth-order valence-corrected chi connectivity index (χ4v) is 3.97. The molecule has 0 spiro atoms. The van der Waals surface area contributed by atoms with Gasteiger partial charge < -0.3 is 5.11 Å². The second-order valence-electron chi connectivity index (χ2n) is 3.95. The Hall–Kier alpha value is -0.630. The van der Waals surface area contributed by atoms with E-state index in [9.17, 15) is 13.2 Å². The minimum absolute atomic E-state index is 0.0877. The highest BCUT2D eigenvalue weighted by Crippen LogP contribution is 2.29. The molecular formula is C10H14ClNO4S2. The molecule has 0 aliphatic rings. The highest BCUT2D eigenvalue weighted by molar-refractivity contribution is 7.91. The van der Waals surface area contributed by atoms with Gasteiger partial charge in [-0.2, -0.15) is 0 Å². The van der Waals surface area contributed by atoms with Crippen molar-refractivity contribution >= 4 is 38.9 Å². The van der Waals surface area contributed by atoms with Crippen LogP contribution >= 0.6 is 22.9 Å². The number of nitrogens with one attached hydrogen (secondary N) is 1. The average molecular weight is 312 g/mol. The van der Waals surface area contributed by atoms with Crippen LogP contribution in [0.2, 0.25) is 4.34 Å². The van der Waals surface area contributed by atoms with Crippen molar-refractivity contribution in [1.29, 1.82) is 0 Å². The van der Waals surface area contributed by atoms with Crippen molar-refractivity contribution in [3.8, 4) is 0 Å². The van der Waals surface area contributed by atoms with Gasteiger partial charge in [0.05, 0.1) is 10.3 Å². The molecule has 0 fully saturated rings. The van der Waals surface area contributed by atoms with E-state index in [1.165, 1.54) is 13.0 Å². The monoisotopic (exact) mass is 311 g/mol. The van der Waals surface area contributed by atoms with Crippen molar-refractivity contribution in [2.24, 2.45) is 5.92 Å². The maximum Gasteiger partial charge on any atom is 0.306 e.